The molecule has 0 bridgehead atoms. The monoisotopic (exact) mass is 292 g/mol. The van der Waals surface area contributed by atoms with Crippen molar-refractivity contribution in [2.24, 2.45) is 7.05 Å². The first-order valence-corrected chi connectivity index (χ1v) is 7.23. The van der Waals surface area contributed by atoms with E-state index < -0.39 is 0 Å². The lowest BCUT2D eigenvalue weighted by molar-refractivity contribution is 0.527. The summed E-state index contributed by atoms with van der Waals surface area (Å²) in [4.78, 5) is 4.28. The third-order valence-corrected chi connectivity index (χ3v) is 3.90. The van der Waals surface area contributed by atoms with Gasteiger partial charge in [0.1, 0.15) is 0 Å². The third-order valence-electron chi connectivity index (χ3n) is 3.41. The van der Waals surface area contributed by atoms with Gasteiger partial charge in [-0.15, -0.1) is 0 Å². The topological polar surface area (TPSA) is 42.7 Å². The number of hydrogen-bond acceptors (Lipinski definition) is 3. The minimum absolute atomic E-state index is 0.194. The fourth-order valence-corrected chi connectivity index (χ4v) is 2.66. The second-order valence-corrected chi connectivity index (χ2v) is 5.46. The molecule has 2 aromatic rings. The van der Waals surface area contributed by atoms with Gasteiger partial charge in [0, 0.05) is 31.9 Å². The Morgan fingerprint density at radius 3 is 2.65 bits per heavy atom. The zero-order valence-corrected chi connectivity index (χ0v) is 13.2. The van der Waals surface area contributed by atoms with Crippen LogP contribution in [0.5, 0.6) is 0 Å². The molecule has 0 aromatic carbocycles. The summed E-state index contributed by atoms with van der Waals surface area (Å²) in [7, 11) is 1.94. The summed E-state index contributed by atoms with van der Waals surface area (Å²) in [6.07, 6.45) is 4.58. The highest BCUT2D eigenvalue weighted by atomic mass is 35.5. The van der Waals surface area contributed by atoms with E-state index in [1.165, 1.54) is 5.56 Å². The second-order valence-electron chi connectivity index (χ2n) is 5.08. The van der Waals surface area contributed by atoms with Crippen LogP contribution >= 0.6 is 11.6 Å². The maximum atomic E-state index is 6.35. The highest BCUT2D eigenvalue weighted by Gasteiger charge is 2.18. The highest BCUT2D eigenvalue weighted by molar-refractivity contribution is 6.31. The number of nitrogens with zero attached hydrogens (tertiary/aromatic N) is 3. The van der Waals surface area contributed by atoms with Crippen molar-refractivity contribution in [1.29, 1.82) is 0 Å². The lowest BCUT2D eigenvalue weighted by Crippen LogP contribution is -2.24. The molecule has 1 unspecified atom stereocenters. The largest absolute Gasteiger partial charge is 0.310 e. The van der Waals surface area contributed by atoms with E-state index in [4.69, 9.17) is 11.6 Å². The van der Waals surface area contributed by atoms with Crippen molar-refractivity contribution in [2.75, 3.05) is 6.54 Å². The summed E-state index contributed by atoms with van der Waals surface area (Å²) in [5.41, 5.74) is 4.28. The Bertz CT molecular complexity index is 592. The van der Waals surface area contributed by atoms with Gasteiger partial charge in [-0.2, -0.15) is 5.10 Å². The summed E-state index contributed by atoms with van der Waals surface area (Å²) in [5.74, 6) is 0. The van der Waals surface area contributed by atoms with Crippen molar-refractivity contribution < 1.29 is 0 Å². The molecule has 1 N–H and O–H groups in total. The molecule has 2 heterocycles. The van der Waals surface area contributed by atoms with Crippen LogP contribution < -0.4 is 5.32 Å². The molecule has 0 spiro atoms. The van der Waals surface area contributed by atoms with Crippen molar-refractivity contribution in [3.05, 3.63) is 46.0 Å². The van der Waals surface area contributed by atoms with Crippen LogP contribution in [-0.2, 0) is 13.5 Å². The van der Waals surface area contributed by atoms with Gasteiger partial charge in [-0.1, -0.05) is 24.6 Å². The standard InChI is InChI=1S/C15H21ClN4/c1-5-18-13(12-6-10(2)8-17-9-12)7-14-15(16)11(3)19-20(14)4/h6,8-9,13,18H,5,7H2,1-4H3. The van der Waals surface area contributed by atoms with Crippen LogP contribution in [0.4, 0.5) is 0 Å². The van der Waals surface area contributed by atoms with E-state index in [9.17, 15) is 0 Å². The van der Waals surface area contributed by atoms with Gasteiger partial charge in [-0.25, -0.2) is 0 Å². The molecule has 20 heavy (non-hydrogen) atoms. The number of halogens is 1. The Morgan fingerprint density at radius 2 is 2.10 bits per heavy atom. The first-order valence-electron chi connectivity index (χ1n) is 6.85. The molecule has 0 aliphatic carbocycles. The van der Waals surface area contributed by atoms with Crippen LogP contribution in [0.2, 0.25) is 5.02 Å². The zero-order valence-electron chi connectivity index (χ0n) is 12.4. The molecule has 5 heteroatoms. The lowest BCUT2D eigenvalue weighted by Gasteiger charge is -2.19. The first kappa shape index (κ1) is 15.0. The Morgan fingerprint density at radius 1 is 1.35 bits per heavy atom. The van der Waals surface area contributed by atoms with E-state index in [-0.39, 0.29) is 6.04 Å². The van der Waals surface area contributed by atoms with Crippen LogP contribution in [0.25, 0.3) is 0 Å². The molecule has 0 amide bonds. The summed E-state index contributed by atoms with van der Waals surface area (Å²) < 4.78 is 1.87. The van der Waals surface area contributed by atoms with Crippen LogP contribution in [-0.4, -0.2) is 21.3 Å². The number of aryl methyl sites for hydroxylation is 3. The van der Waals surface area contributed by atoms with Gasteiger partial charge in [-0.3, -0.25) is 9.67 Å². The predicted octanol–water partition coefficient (Wildman–Crippen LogP) is 2.98. The maximum Gasteiger partial charge on any atom is 0.0847 e. The molecule has 0 fully saturated rings. The molecule has 0 saturated carbocycles. The van der Waals surface area contributed by atoms with E-state index in [1.807, 2.05) is 31.0 Å². The molecular formula is C15H21ClN4. The Labute approximate surface area is 125 Å². The third kappa shape index (κ3) is 3.19. The fraction of sp³-hybridized carbons (Fsp3) is 0.467. The normalized spacial score (nSPS) is 12.7. The average Bonchev–Trinajstić information content (AvgIpc) is 2.64. The molecule has 0 aliphatic rings. The molecule has 0 saturated heterocycles. The van der Waals surface area contributed by atoms with Crippen molar-refractivity contribution in [3.8, 4) is 0 Å². The van der Waals surface area contributed by atoms with Crippen molar-refractivity contribution >= 4 is 11.6 Å². The lowest BCUT2D eigenvalue weighted by atomic mass is 10.0. The smallest absolute Gasteiger partial charge is 0.0847 e. The highest BCUT2D eigenvalue weighted by Crippen LogP contribution is 2.25. The van der Waals surface area contributed by atoms with Gasteiger partial charge in [0.25, 0.3) is 0 Å². The summed E-state index contributed by atoms with van der Waals surface area (Å²) in [5, 5.41) is 8.64. The maximum absolute atomic E-state index is 6.35. The number of hydrogen-bond donors (Lipinski definition) is 1. The van der Waals surface area contributed by atoms with E-state index in [1.54, 1.807) is 0 Å². The minimum atomic E-state index is 0.194. The van der Waals surface area contributed by atoms with E-state index in [2.05, 4.69) is 35.3 Å². The molecule has 1 atom stereocenters. The summed E-state index contributed by atoms with van der Waals surface area (Å²) in [6.45, 7) is 6.99. The summed E-state index contributed by atoms with van der Waals surface area (Å²) in [6, 6.07) is 2.36. The molecular weight excluding hydrogens is 272 g/mol. The SMILES string of the molecule is CCNC(Cc1c(Cl)c(C)nn1C)c1cncc(C)c1. The van der Waals surface area contributed by atoms with Gasteiger partial charge >= 0.3 is 0 Å². The number of likely N-dealkylation sites (N-methyl/N-ethyl adjacent to an activating group) is 1. The number of rotatable bonds is 5. The van der Waals surface area contributed by atoms with Crippen molar-refractivity contribution in [2.45, 2.75) is 33.2 Å². The predicted molar refractivity (Wildman–Crippen MR) is 82.1 cm³/mol. The second kappa shape index (κ2) is 6.37. The van der Waals surface area contributed by atoms with E-state index in [0.717, 1.165) is 34.9 Å². The van der Waals surface area contributed by atoms with Gasteiger partial charge in [0.2, 0.25) is 0 Å². The van der Waals surface area contributed by atoms with Gasteiger partial charge in [0.15, 0.2) is 0 Å². The van der Waals surface area contributed by atoms with E-state index >= 15 is 0 Å². The van der Waals surface area contributed by atoms with E-state index in [0.29, 0.717) is 0 Å². The molecule has 0 radical (unpaired) electrons. The Hall–Kier alpha value is -1.39. The quantitative estimate of drug-likeness (QED) is 0.921. The van der Waals surface area contributed by atoms with Gasteiger partial charge in [-0.05, 0) is 31.5 Å². The number of nitrogens with one attached hydrogen (secondary N) is 1. The summed E-state index contributed by atoms with van der Waals surface area (Å²) >= 11 is 6.35. The molecule has 0 aliphatic heterocycles. The molecule has 2 aromatic heterocycles. The molecule has 108 valence electrons. The van der Waals surface area contributed by atoms with Gasteiger partial charge < -0.3 is 5.32 Å². The average molecular weight is 293 g/mol. The zero-order chi connectivity index (χ0) is 14.7. The first-order chi connectivity index (χ1) is 9.52. The minimum Gasteiger partial charge on any atom is -0.310 e. The van der Waals surface area contributed by atoms with Crippen LogP contribution in [0.1, 0.15) is 35.5 Å². The Kier molecular flexibility index (Phi) is 4.78. The van der Waals surface area contributed by atoms with Crippen LogP contribution in [0.15, 0.2) is 18.5 Å². The molecule has 2 rings (SSSR count). The van der Waals surface area contributed by atoms with Crippen molar-refractivity contribution in [3.63, 3.8) is 0 Å². The van der Waals surface area contributed by atoms with Crippen LogP contribution in [0, 0.1) is 13.8 Å². The number of aromatic nitrogens is 3. The van der Waals surface area contributed by atoms with Crippen LogP contribution in [0.3, 0.4) is 0 Å². The Balaban J connectivity index is 2.30. The molecule has 4 nitrogen and oxygen atoms in total. The number of pyridine rings is 1. The van der Waals surface area contributed by atoms with Crippen molar-refractivity contribution in [1.82, 2.24) is 20.1 Å². The fourth-order valence-electron chi connectivity index (χ4n) is 2.42. The van der Waals surface area contributed by atoms with Gasteiger partial charge in [0.05, 0.1) is 16.4 Å².